The Morgan fingerprint density at radius 1 is 1.24 bits per heavy atom. The first kappa shape index (κ1) is 20.1. The average molecular weight is 398 g/mol. The second-order valence-electron chi connectivity index (χ2n) is 6.69. The van der Waals surface area contributed by atoms with Crippen molar-refractivity contribution in [3.05, 3.63) is 52.6 Å². The number of methoxy groups -OCH3 is 1. The smallest absolute Gasteiger partial charge is 0.296 e. The molecule has 9 nitrogen and oxygen atoms in total. The highest BCUT2D eigenvalue weighted by Gasteiger charge is 2.22. The van der Waals surface area contributed by atoms with Crippen molar-refractivity contribution in [2.75, 3.05) is 29.2 Å². The van der Waals surface area contributed by atoms with E-state index in [1.165, 1.54) is 19.2 Å². The van der Waals surface area contributed by atoms with Gasteiger partial charge in [0.15, 0.2) is 0 Å². The minimum absolute atomic E-state index is 0.0948. The molecule has 9 heteroatoms. The number of amides is 2. The second-order valence-corrected chi connectivity index (χ2v) is 6.69. The Labute approximate surface area is 167 Å². The van der Waals surface area contributed by atoms with E-state index in [4.69, 9.17) is 4.74 Å². The first-order valence-electron chi connectivity index (χ1n) is 9.19. The third kappa shape index (κ3) is 4.63. The van der Waals surface area contributed by atoms with Crippen LogP contribution in [0.2, 0.25) is 0 Å². The van der Waals surface area contributed by atoms with Gasteiger partial charge in [-0.05, 0) is 49.7 Å². The van der Waals surface area contributed by atoms with Crippen molar-refractivity contribution in [3.63, 3.8) is 0 Å². The molecule has 1 fully saturated rings. The van der Waals surface area contributed by atoms with Gasteiger partial charge in [-0.3, -0.25) is 19.7 Å². The van der Waals surface area contributed by atoms with Gasteiger partial charge in [0.25, 0.3) is 5.69 Å². The van der Waals surface area contributed by atoms with Crippen LogP contribution in [-0.4, -0.2) is 36.4 Å². The summed E-state index contributed by atoms with van der Waals surface area (Å²) in [7, 11) is 1.41. The number of nitro groups is 1. The van der Waals surface area contributed by atoms with Gasteiger partial charge in [0, 0.05) is 24.3 Å². The number of rotatable bonds is 7. The number of nitro benzene ring substituents is 1. The maximum absolute atomic E-state index is 12.5. The minimum atomic E-state index is -0.643. The lowest BCUT2D eigenvalue weighted by Gasteiger charge is -2.18. The Kier molecular flexibility index (Phi) is 5.96. The van der Waals surface area contributed by atoms with E-state index in [0.717, 1.165) is 12.1 Å². The fraction of sp³-hybridized carbons (Fsp3) is 0.300. The Morgan fingerprint density at radius 2 is 1.97 bits per heavy atom. The molecule has 0 radical (unpaired) electrons. The maximum Gasteiger partial charge on any atom is 0.296 e. The number of benzene rings is 2. The highest BCUT2D eigenvalue weighted by atomic mass is 16.6. The van der Waals surface area contributed by atoms with E-state index in [1.807, 2.05) is 12.1 Å². The SMILES string of the molecule is COc1ccc(NC(=O)C(C)Nc2ccc(N3CCCC3=O)cc2)c([N+](=O)[O-])c1. The van der Waals surface area contributed by atoms with Gasteiger partial charge in [-0.2, -0.15) is 0 Å². The van der Waals surface area contributed by atoms with Crippen LogP contribution in [0.4, 0.5) is 22.7 Å². The number of carbonyl (C=O) groups is 2. The number of anilines is 3. The highest BCUT2D eigenvalue weighted by molar-refractivity contribution is 5.98. The van der Waals surface area contributed by atoms with Crippen LogP contribution in [0.3, 0.4) is 0 Å². The number of carbonyl (C=O) groups excluding carboxylic acids is 2. The number of hydrogen-bond donors (Lipinski definition) is 2. The predicted octanol–water partition coefficient (Wildman–Crippen LogP) is 3.17. The summed E-state index contributed by atoms with van der Waals surface area (Å²) >= 11 is 0. The van der Waals surface area contributed by atoms with Crippen LogP contribution in [0.1, 0.15) is 19.8 Å². The van der Waals surface area contributed by atoms with E-state index in [2.05, 4.69) is 10.6 Å². The lowest BCUT2D eigenvalue weighted by molar-refractivity contribution is -0.384. The summed E-state index contributed by atoms with van der Waals surface area (Å²) in [4.78, 5) is 36.7. The van der Waals surface area contributed by atoms with Crippen molar-refractivity contribution < 1.29 is 19.2 Å². The first-order chi connectivity index (χ1) is 13.9. The molecule has 29 heavy (non-hydrogen) atoms. The van der Waals surface area contributed by atoms with Crippen LogP contribution in [-0.2, 0) is 9.59 Å². The van der Waals surface area contributed by atoms with E-state index >= 15 is 0 Å². The van der Waals surface area contributed by atoms with Gasteiger partial charge in [-0.15, -0.1) is 0 Å². The van der Waals surface area contributed by atoms with Crippen LogP contribution in [0.5, 0.6) is 5.75 Å². The molecule has 1 atom stereocenters. The molecule has 1 saturated heterocycles. The Morgan fingerprint density at radius 3 is 2.55 bits per heavy atom. The number of hydrogen-bond acceptors (Lipinski definition) is 6. The van der Waals surface area contributed by atoms with E-state index < -0.39 is 16.9 Å². The van der Waals surface area contributed by atoms with Crippen molar-refractivity contribution in [1.82, 2.24) is 0 Å². The summed E-state index contributed by atoms with van der Waals surface area (Å²) in [5, 5.41) is 16.9. The zero-order valence-corrected chi connectivity index (χ0v) is 16.2. The van der Waals surface area contributed by atoms with Crippen LogP contribution in [0.25, 0.3) is 0 Å². The van der Waals surface area contributed by atoms with Gasteiger partial charge < -0.3 is 20.3 Å². The molecule has 0 aromatic heterocycles. The molecule has 2 N–H and O–H groups in total. The molecule has 1 aliphatic heterocycles. The summed E-state index contributed by atoms with van der Waals surface area (Å²) in [6.45, 7) is 2.37. The van der Waals surface area contributed by atoms with Crippen LogP contribution < -0.4 is 20.3 Å². The van der Waals surface area contributed by atoms with E-state index in [0.29, 0.717) is 24.4 Å². The van der Waals surface area contributed by atoms with Gasteiger partial charge in [-0.25, -0.2) is 0 Å². The molecule has 1 unspecified atom stereocenters. The molecule has 0 spiro atoms. The maximum atomic E-state index is 12.5. The summed E-state index contributed by atoms with van der Waals surface area (Å²) in [6, 6.07) is 10.8. The molecule has 2 amide bonds. The van der Waals surface area contributed by atoms with Crippen molar-refractivity contribution in [2.45, 2.75) is 25.8 Å². The lowest BCUT2D eigenvalue weighted by atomic mass is 10.2. The quantitative estimate of drug-likeness (QED) is 0.547. The van der Waals surface area contributed by atoms with Gasteiger partial charge in [0.1, 0.15) is 17.5 Å². The fourth-order valence-electron chi connectivity index (χ4n) is 3.11. The van der Waals surface area contributed by atoms with Gasteiger partial charge in [-0.1, -0.05) is 0 Å². The van der Waals surface area contributed by atoms with Crippen LogP contribution >= 0.6 is 0 Å². The topological polar surface area (TPSA) is 114 Å². The summed E-state index contributed by atoms with van der Waals surface area (Å²) in [6.07, 6.45) is 1.42. The molecule has 0 saturated carbocycles. The zero-order chi connectivity index (χ0) is 21.0. The van der Waals surface area contributed by atoms with Crippen molar-refractivity contribution in [3.8, 4) is 5.75 Å². The van der Waals surface area contributed by atoms with Crippen molar-refractivity contribution in [1.29, 1.82) is 0 Å². The average Bonchev–Trinajstić information content (AvgIpc) is 3.14. The van der Waals surface area contributed by atoms with Crippen molar-refractivity contribution in [2.24, 2.45) is 0 Å². The Balaban J connectivity index is 1.65. The molecular formula is C20H22N4O5. The van der Waals surface area contributed by atoms with E-state index in [1.54, 1.807) is 30.0 Å². The van der Waals surface area contributed by atoms with Gasteiger partial charge >= 0.3 is 0 Å². The summed E-state index contributed by atoms with van der Waals surface area (Å²) in [5.74, 6) is 0.0223. The molecular weight excluding hydrogens is 376 g/mol. The van der Waals surface area contributed by atoms with E-state index in [9.17, 15) is 19.7 Å². The number of nitrogens with zero attached hydrogens (tertiary/aromatic N) is 2. The molecule has 3 rings (SSSR count). The molecule has 1 heterocycles. The fourth-order valence-corrected chi connectivity index (χ4v) is 3.11. The third-order valence-corrected chi connectivity index (χ3v) is 4.69. The zero-order valence-electron chi connectivity index (χ0n) is 16.2. The molecule has 1 aliphatic rings. The van der Waals surface area contributed by atoms with Crippen molar-refractivity contribution >= 4 is 34.6 Å². The minimum Gasteiger partial charge on any atom is -0.496 e. The molecule has 0 aliphatic carbocycles. The number of nitrogens with one attached hydrogen (secondary N) is 2. The Hall–Kier alpha value is -3.62. The Bertz CT molecular complexity index is 929. The van der Waals surface area contributed by atoms with Crippen LogP contribution in [0.15, 0.2) is 42.5 Å². The highest BCUT2D eigenvalue weighted by Crippen LogP contribution is 2.29. The van der Waals surface area contributed by atoms with E-state index in [-0.39, 0.29) is 17.3 Å². The standard InChI is InChI=1S/C20H22N4O5/c1-13(20(26)22-17-10-9-16(29-2)12-18(17)24(27)28)21-14-5-7-15(8-6-14)23-11-3-4-19(23)25/h5-10,12-13,21H,3-4,11H2,1-2H3,(H,22,26). The molecule has 0 bridgehead atoms. The first-order valence-corrected chi connectivity index (χ1v) is 9.19. The predicted molar refractivity (Wildman–Crippen MR) is 109 cm³/mol. The molecule has 2 aromatic carbocycles. The lowest BCUT2D eigenvalue weighted by Crippen LogP contribution is -2.32. The van der Waals surface area contributed by atoms with Crippen LogP contribution in [0, 0.1) is 10.1 Å². The normalized spacial score (nSPS) is 14.4. The summed E-state index contributed by atoms with van der Waals surface area (Å²) < 4.78 is 4.99. The van der Waals surface area contributed by atoms with Gasteiger partial charge in [0.05, 0.1) is 18.1 Å². The molecule has 2 aromatic rings. The molecule has 152 valence electrons. The summed E-state index contributed by atoms with van der Waals surface area (Å²) in [5.41, 5.74) is 1.37. The number of ether oxygens (including phenoxy) is 1. The third-order valence-electron chi connectivity index (χ3n) is 4.69. The largest absolute Gasteiger partial charge is 0.496 e. The monoisotopic (exact) mass is 398 g/mol. The second kappa shape index (κ2) is 8.59. The van der Waals surface area contributed by atoms with Gasteiger partial charge in [0.2, 0.25) is 11.8 Å².